The molecule has 3 aromatic rings. The number of thiophene rings is 1. The van der Waals surface area contributed by atoms with Gasteiger partial charge in [-0.1, -0.05) is 24.3 Å². The molecular weight excluding hydrogens is 470 g/mol. The first kappa shape index (κ1) is 24.3. The first-order valence-corrected chi connectivity index (χ1v) is 12.7. The van der Waals surface area contributed by atoms with E-state index >= 15 is 0 Å². The van der Waals surface area contributed by atoms with Crippen LogP contribution in [0.5, 0.6) is 11.5 Å². The number of halogens is 1. The minimum absolute atomic E-state index is 0.0988. The van der Waals surface area contributed by atoms with Gasteiger partial charge < -0.3 is 15.0 Å². The van der Waals surface area contributed by atoms with Crippen LogP contribution in [0.2, 0.25) is 0 Å². The molecule has 0 radical (unpaired) electrons. The largest absolute Gasteiger partial charge is 0.457 e. The first-order valence-electron chi connectivity index (χ1n) is 11.2. The number of rotatable bonds is 7. The van der Waals surface area contributed by atoms with Crippen LogP contribution in [0.3, 0.4) is 0 Å². The maximum Gasteiger partial charge on any atom is 0.251 e. The van der Waals surface area contributed by atoms with Crippen LogP contribution < -0.4 is 15.0 Å². The Labute approximate surface area is 209 Å². The number of carbonyl (C=O) groups excluding carboxylic acids is 2. The van der Waals surface area contributed by atoms with Crippen molar-refractivity contribution >= 4 is 40.4 Å². The molecular formula is C26H28ClN3O3S. The Morgan fingerprint density at radius 3 is 2.62 bits per heavy atom. The summed E-state index contributed by atoms with van der Waals surface area (Å²) in [6.45, 7) is 5.86. The lowest BCUT2D eigenvalue weighted by atomic mass is 10.1. The molecule has 2 heterocycles. The molecule has 6 nitrogen and oxygen atoms in total. The van der Waals surface area contributed by atoms with E-state index in [-0.39, 0.29) is 23.7 Å². The number of hydrogen-bond acceptors (Lipinski definition) is 5. The molecule has 2 amide bonds. The Balaban J connectivity index is 1.71. The second-order valence-corrected chi connectivity index (χ2v) is 9.56. The van der Waals surface area contributed by atoms with E-state index < -0.39 is 6.04 Å². The van der Waals surface area contributed by atoms with Gasteiger partial charge in [0.1, 0.15) is 23.4 Å². The van der Waals surface area contributed by atoms with Gasteiger partial charge in [-0.05, 0) is 61.2 Å². The van der Waals surface area contributed by atoms with Crippen LogP contribution in [-0.2, 0) is 9.59 Å². The molecule has 0 bridgehead atoms. The van der Waals surface area contributed by atoms with Crippen molar-refractivity contribution in [3.8, 4) is 11.5 Å². The third-order valence-electron chi connectivity index (χ3n) is 5.77. The number of aryl methyl sites for hydroxylation is 1. The van der Waals surface area contributed by atoms with Crippen LogP contribution in [0.4, 0.5) is 5.69 Å². The molecule has 8 heteroatoms. The Kier molecular flexibility index (Phi) is 7.88. The third kappa shape index (κ3) is 5.43. The molecule has 0 unspecified atom stereocenters. The summed E-state index contributed by atoms with van der Waals surface area (Å²) < 4.78 is 5.96. The van der Waals surface area contributed by atoms with Crippen LogP contribution in [0.15, 0.2) is 66.0 Å². The minimum atomic E-state index is -0.781. The molecule has 1 N–H and O–H groups in total. The topological polar surface area (TPSA) is 61.9 Å². The van der Waals surface area contributed by atoms with Crippen molar-refractivity contribution in [1.29, 1.82) is 0 Å². The standard InChI is InChI=1S/C26H28ClN3O3S/c1-18-15-21(33-20-7-4-3-5-8-20)10-11-22(18)30(24(31)16-27)25(23-9-6-14-34-23)26(32)29-13-12-28-19(2)17-29/h3-11,14-15,19,25,28H,12-13,16-17H2,1-2H3/t19-,25-/m0/s1. The third-order valence-corrected chi connectivity index (χ3v) is 6.93. The predicted molar refractivity (Wildman–Crippen MR) is 137 cm³/mol. The summed E-state index contributed by atoms with van der Waals surface area (Å²) in [5, 5.41) is 5.28. The Morgan fingerprint density at radius 2 is 1.97 bits per heavy atom. The fourth-order valence-electron chi connectivity index (χ4n) is 4.18. The number of amides is 2. The smallest absolute Gasteiger partial charge is 0.251 e. The van der Waals surface area contributed by atoms with E-state index in [4.69, 9.17) is 16.3 Å². The van der Waals surface area contributed by atoms with E-state index in [1.807, 2.05) is 77.9 Å². The molecule has 2 atom stereocenters. The van der Waals surface area contributed by atoms with Gasteiger partial charge in [0.25, 0.3) is 5.91 Å². The van der Waals surface area contributed by atoms with Gasteiger partial charge in [0.2, 0.25) is 5.91 Å². The molecule has 1 aliphatic heterocycles. The van der Waals surface area contributed by atoms with Gasteiger partial charge in [0, 0.05) is 36.2 Å². The normalized spacial score (nSPS) is 16.7. The van der Waals surface area contributed by atoms with E-state index in [0.717, 1.165) is 22.7 Å². The Morgan fingerprint density at radius 1 is 1.18 bits per heavy atom. The summed E-state index contributed by atoms with van der Waals surface area (Å²) in [5.74, 6) is 0.729. The van der Waals surface area contributed by atoms with Crippen LogP contribution in [0, 0.1) is 6.92 Å². The Hall–Kier alpha value is -2.87. The SMILES string of the molecule is Cc1cc(Oc2ccccc2)ccc1N(C(=O)CCl)[C@H](C(=O)N1CCN[C@@H](C)C1)c1cccs1. The zero-order chi connectivity index (χ0) is 24.1. The summed E-state index contributed by atoms with van der Waals surface area (Å²) in [4.78, 5) is 31.2. The molecule has 1 aromatic heterocycles. The summed E-state index contributed by atoms with van der Waals surface area (Å²) in [6.07, 6.45) is 0. The van der Waals surface area contributed by atoms with Gasteiger partial charge in [-0.25, -0.2) is 0 Å². The molecule has 0 aliphatic carbocycles. The summed E-state index contributed by atoms with van der Waals surface area (Å²) >= 11 is 7.52. The number of carbonyl (C=O) groups is 2. The number of hydrogen-bond donors (Lipinski definition) is 1. The van der Waals surface area contributed by atoms with Gasteiger partial charge in [-0.3, -0.25) is 14.5 Å². The van der Waals surface area contributed by atoms with Crippen LogP contribution in [0.1, 0.15) is 23.4 Å². The highest BCUT2D eigenvalue weighted by molar-refractivity contribution is 7.10. The molecule has 1 saturated heterocycles. The van der Waals surface area contributed by atoms with Crippen LogP contribution in [0.25, 0.3) is 0 Å². The van der Waals surface area contributed by atoms with Gasteiger partial charge >= 0.3 is 0 Å². The van der Waals surface area contributed by atoms with Crippen molar-refractivity contribution in [2.75, 3.05) is 30.4 Å². The quantitative estimate of drug-likeness (QED) is 0.467. The zero-order valence-electron chi connectivity index (χ0n) is 19.2. The number of para-hydroxylation sites is 1. The van der Waals surface area contributed by atoms with Crippen molar-refractivity contribution in [3.05, 3.63) is 76.5 Å². The highest BCUT2D eigenvalue weighted by Gasteiger charge is 2.37. The highest BCUT2D eigenvalue weighted by Crippen LogP contribution is 2.36. The summed E-state index contributed by atoms with van der Waals surface area (Å²) in [7, 11) is 0. The maximum atomic E-state index is 13.8. The molecule has 2 aromatic carbocycles. The molecule has 1 fully saturated rings. The lowest BCUT2D eigenvalue weighted by Gasteiger charge is -2.38. The molecule has 1 aliphatic rings. The van der Waals surface area contributed by atoms with E-state index in [0.29, 0.717) is 24.5 Å². The second-order valence-electron chi connectivity index (χ2n) is 8.32. The number of ether oxygens (including phenoxy) is 1. The minimum Gasteiger partial charge on any atom is -0.457 e. The number of piperazine rings is 1. The number of nitrogens with one attached hydrogen (secondary N) is 1. The monoisotopic (exact) mass is 497 g/mol. The molecule has 4 rings (SSSR count). The number of benzene rings is 2. The van der Waals surface area contributed by atoms with Crippen molar-refractivity contribution in [2.24, 2.45) is 0 Å². The van der Waals surface area contributed by atoms with E-state index in [1.54, 1.807) is 4.90 Å². The average Bonchev–Trinajstić information content (AvgIpc) is 3.37. The molecule has 178 valence electrons. The predicted octanol–water partition coefficient (Wildman–Crippen LogP) is 4.98. The zero-order valence-corrected chi connectivity index (χ0v) is 20.8. The Bertz CT molecular complexity index is 1120. The van der Waals surface area contributed by atoms with Gasteiger partial charge in [0.05, 0.1) is 0 Å². The molecule has 34 heavy (non-hydrogen) atoms. The first-order chi connectivity index (χ1) is 16.5. The van der Waals surface area contributed by atoms with Crippen molar-refractivity contribution in [2.45, 2.75) is 25.9 Å². The van der Waals surface area contributed by atoms with E-state index in [9.17, 15) is 9.59 Å². The van der Waals surface area contributed by atoms with Crippen molar-refractivity contribution < 1.29 is 14.3 Å². The number of alkyl halides is 1. The fourth-order valence-corrected chi connectivity index (χ4v) is 5.12. The maximum absolute atomic E-state index is 13.8. The lowest BCUT2D eigenvalue weighted by molar-refractivity contribution is -0.135. The second kappa shape index (κ2) is 11.0. The lowest BCUT2D eigenvalue weighted by Crippen LogP contribution is -2.55. The van der Waals surface area contributed by atoms with Crippen molar-refractivity contribution in [1.82, 2.24) is 10.2 Å². The summed E-state index contributed by atoms with van der Waals surface area (Å²) in [5.41, 5.74) is 1.45. The number of anilines is 1. The average molecular weight is 498 g/mol. The molecule has 0 spiro atoms. The molecule has 0 saturated carbocycles. The van der Waals surface area contributed by atoms with Gasteiger partial charge in [0.15, 0.2) is 0 Å². The fraction of sp³-hybridized carbons (Fsp3) is 0.308. The van der Waals surface area contributed by atoms with Crippen LogP contribution >= 0.6 is 22.9 Å². The highest BCUT2D eigenvalue weighted by atomic mass is 35.5. The van der Waals surface area contributed by atoms with E-state index in [1.165, 1.54) is 11.3 Å². The summed E-state index contributed by atoms with van der Waals surface area (Å²) in [6, 6.07) is 18.2. The van der Waals surface area contributed by atoms with E-state index in [2.05, 4.69) is 12.2 Å². The van der Waals surface area contributed by atoms with Gasteiger partial charge in [-0.2, -0.15) is 0 Å². The van der Waals surface area contributed by atoms with Gasteiger partial charge in [-0.15, -0.1) is 22.9 Å². The number of nitrogens with zero attached hydrogens (tertiary/aromatic N) is 2. The van der Waals surface area contributed by atoms with Crippen molar-refractivity contribution in [3.63, 3.8) is 0 Å². The van der Waals surface area contributed by atoms with Crippen LogP contribution in [-0.4, -0.2) is 48.3 Å².